The third kappa shape index (κ3) is 2.69. The number of nitrogens with zero attached hydrogens (tertiary/aromatic N) is 1. The fourth-order valence-corrected chi connectivity index (χ4v) is 2.23. The highest BCUT2D eigenvalue weighted by Gasteiger charge is 2.34. The zero-order chi connectivity index (χ0) is 11.6. The molecule has 0 spiro atoms. The number of rotatable bonds is 3. The molecule has 1 rings (SSSR count). The Kier molecular flexibility index (Phi) is 3.72. The highest BCUT2D eigenvalue weighted by atomic mass is 32.2. The predicted octanol–water partition coefficient (Wildman–Crippen LogP) is -0.597. The third-order valence-electron chi connectivity index (χ3n) is 2.86. The van der Waals surface area contributed by atoms with Gasteiger partial charge in [-0.2, -0.15) is 0 Å². The van der Waals surface area contributed by atoms with Crippen molar-refractivity contribution in [1.29, 1.82) is 0 Å². The molecule has 0 aromatic carbocycles. The smallest absolute Gasteiger partial charge is 0.240 e. The normalized spacial score (nSPS) is 24.2. The second-order valence-electron chi connectivity index (χ2n) is 3.98. The van der Waals surface area contributed by atoms with Crippen LogP contribution >= 0.6 is 0 Å². The minimum absolute atomic E-state index is 0.0950. The summed E-state index contributed by atoms with van der Waals surface area (Å²) in [7, 11) is -3.34. The van der Waals surface area contributed by atoms with Crippen LogP contribution in [0.2, 0.25) is 0 Å². The van der Waals surface area contributed by atoms with Crippen LogP contribution in [0.3, 0.4) is 0 Å². The first-order chi connectivity index (χ1) is 6.88. The molecule has 1 aliphatic rings. The van der Waals surface area contributed by atoms with Gasteiger partial charge in [0.25, 0.3) is 0 Å². The lowest BCUT2D eigenvalue weighted by Crippen LogP contribution is -2.45. The van der Waals surface area contributed by atoms with E-state index in [0.717, 1.165) is 19.1 Å². The third-order valence-corrected chi connectivity index (χ3v) is 4.35. The van der Waals surface area contributed by atoms with E-state index >= 15 is 0 Å². The summed E-state index contributed by atoms with van der Waals surface area (Å²) in [5.41, 5.74) is 0. The quantitative estimate of drug-likeness (QED) is 0.709. The fraction of sp³-hybridized carbons (Fsp3) is 0.889. The van der Waals surface area contributed by atoms with E-state index in [2.05, 4.69) is 0 Å². The Morgan fingerprint density at radius 2 is 2.20 bits per heavy atom. The van der Waals surface area contributed by atoms with Crippen LogP contribution in [0.1, 0.15) is 19.8 Å². The van der Waals surface area contributed by atoms with Gasteiger partial charge in [-0.15, -0.1) is 0 Å². The Morgan fingerprint density at radius 1 is 1.60 bits per heavy atom. The zero-order valence-electron chi connectivity index (χ0n) is 9.01. The first-order valence-corrected chi connectivity index (χ1v) is 6.93. The molecule has 0 aliphatic carbocycles. The molecule has 2 atom stereocenters. The average Bonchev–Trinajstić information content (AvgIpc) is 2.61. The number of aliphatic hydroxyl groups is 1. The molecule has 15 heavy (non-hydrogen) atoms. The zero-order valence-corrected chi connectivity index (χ0v) is 9.83. The van der Waals surface area contributed by atoms with Crippen molar-refractivity contribution in [2.75, 3.05) is 19.4 Å². The molecule has 1 amide bonds. The number of hydrogen-bond donors (Lipinski definition) is 1. The maximum absolute atomic E-state index is 11.8. The van der Waals surface area contributed by atoms with Gasteiger partial charge >= 0.3 is 0 Å². The lowest BCUT2D eigenvalue weighted by atomic mass is 10.2. The van der Waals surface area contributed by atoms with Crippen molar-refractivity contribution < 1.29 is 18.3 Å². The maximum atomic E-state index is 11.8. The molecule has 88 valence electrons. The van der Waals surface area contributed by atoms with E-state index in [1.807, 2.05) is 0 Å². The first-order valence-electron chi connectivity index (χ1n) is 4.98. The van der Waals surface area contributed by atoms with E-state index in [4.69, 9.17) is 5.11 Å². The summed E-state index contributed by atoms with van der Waals surface area (Å²) in [6.07, 6.45) is 2.63. The van der Waals surface area contributed by atoms with E-state index in [0.29, 0.717) is 6.54 Å². The Hall–Kier alpha value is -0.620. The SMILES string of the molecule is CC(C(=O)N1CCC[C@H]1CO)S(C)(=O)=O. The van der Waals surface area contributed by atoms with Gasteiger partial charge in [0.1, 0.15) is 5.25 Å². The average molecular weight is 235 g/mol. The Balaban J connectivity index is 2.76. The summed E-state index contributed by atoms with van der Waals surface area (Å²) < 4.78 is 22.4. The van der Waals surface area contributed by atoms with Crippen molar-refractivity contribution >= 4 is 15.7 Å². The molecule has 0 aromatic heterocycles. The van der Waals surface area contributed by atoms with Crippen molar-refractivity contribution in [2.24, 2.45) is 0 Å². The van der Waals surface area contributed by atoms with Gasteiger partial charge in [-0.1, -0.05) is 0 Å². The summed E-state index contributed by atoms with van der Waals surface area (Å²) in [6, 6.07) is -0.207. The van der Waals surface area contributed by atoms with E-state index < -0.39 is 21.0 Å². The number of sulfone groups is 1. The van der Waals surface area contributed by atoms with E-state index in [1.165, 1.54) is 11.8 Å². The Labute approximate surface area is 90.0 Å². The largest absolute Gasteiger partial charge is 0.394 e. The molecule has 5 nitrogen and oxygen atoms in total. The van der Waals surface area contributed by atoms with E-state index in [9.17, 15) is 13.2 Å². The molecule has 0 aromatic rings. The van der Waals surface area contributed by atoms with Gasteiger partial charge in [0.2, 0.25) is 5.91 Å². The van der Waals surface area contributed by atoms with Gasteiger partial charge in [-0.25, -0.2) is 8.42 Å². The van der Waals surface area contributed by atoms with Crippen molar-refractivity contribution in [3.63, 3.8) is 0 Å². The fourth-order valence-electron chi connectivity index (χ4n) is 1.73. The first kappa shape index (κ1) is 12.4. The summed E-state index contributed by atoms with van der Waals surface area (Å²) in [6.45, 7) is 1.84. The summed E-state index contributed by atoms with van der Waals surface area (Å²) in [5, 5.41) is 8.02. The van der Waals surface area contributed by atoms with Crippen molar-refractivity contribution in [2.45, 2.75) is 31.1 Å². The van der Waals surface area contributed by atoms with Crippen LogP contribution in [0.5, 0.6) is 0 Å². The highest BCUT2D eigenvalue weighted by Crippen LogP contribution is 2.19. The molecule has 0 bridgehead atoms. The predicted molar refractivity (Wildman–Crippen MR) is 56.1 cm³/mol. The lowest BCUT2D eigenvalue weighted by molar-refractivity contribution is -0.131. The molecule has 1 saturated heterocycles. The minimum Gasteiger partial charge on any atom is -0.394 e. The van der Waals surface area contributed by atoms with Gasteiger partial charge in [0, 0.05) is 12.8 Å². The topological polar surface area (TPSA) is 74.7 Å². The van der Waals surface area contributed by atoms with Gasteiger partial charge in [0.05, 0.1) is 12.6 Å². The maximum Gasteiger partial charge on any atom is 0.240 e. The molecular formula is C9H17NO4S. The molecule has 1 unspecified atom stereocenters. The van der Waals surface area contributed by atoms with Crippen LogP contribution < -0.4 is 0 Å². The van der Waals surface area contributed by atoms with Crippen molar-refractivity contribution in [1.82, 2.24) is 4.90 Å². The van der Waals surface area contributed by atoms with Crippen LogP contribution in [0, 0.1) is 0 Å². The highest BCUT2D eigenvalue weighted by molar-refractivity contribution is 7.92. The molecule has 6 heteroatoms. The van der Waals surface area contributed by atoms with Crippen LogP contribution in [0.25, 0.3) is 0 Å². The molecule has 1 heterocycles. The number of amides is 1. The second kappa shape index (κ2) is 4.49. The molecule has 0 saturated carbocycles. The van der Waals surface area contributed by atoms with Gasteiger partial charge in [-0.3, -0.25) is 4.79 Å². The lowest BCUT2D eigenvalue weighted by Gasteiger charge is -2.25. The molecule has 1 aliphatic heterocycles. The van der Waals surface area contributed by atoms with Gasteiger partial charge in [0.15, 0.2) is 9.84 Å². The monoisotopic (exact) mass is 235 g/mol. The summed E-state index contributed by atoms with van der Waals surface area (Å²) in [4.78, 5) is 13.3. The molecule has 1 N–H and O–H groups in total. The van der Waals surface area contributed by atoms with Crippen molar-refractivity contribution in [3.05, 3.63) is 0 Å². The van der Waals surface area contributed by atoms with Gasteiger partial charge < -0.3 is 10.0 Å². The second-order valence-corrected chi connectivity index (χ2v) is 6.35. The Morgan fingerprint density at radius 3 is 2.67 bits per heavy atom. The number of carbonyl (C=O) groups excluding carboxylic acids is 1. The molecular weight excluding hydrogens is 218 g/mol. The number of likely N-dealkylation sites (tertiary alicyclic amines) is 1. The van der Waals surface area contributed by atoms with Gasteiger partial charge in [-0.05, 0) is 19.8 Å². The van der Waals surface area contributed by atoms with E-state index in [-0.39, 0.29) is 12.6 Å². The van der Waals surface area contributed by atoms with Crippen LogP contribution in [0.4, 0.5) is 0 Å². The molecule has 0 radical (unpaired) electrons. The Bertz CT molecular complexity index is 338. The van der Waals surface area contributed by atoms with Crippen LogP contribution in [-0.2, 0) is 14.6 Å². The van der Waals surface area contributed by atoms with Crippen LogP contribution in [-0.4, -0.2) is 55.0 Å². The number of hydrogen-bond acceptors (Lipinski definition) is 4. The molecule has 1 fully saturated rings. The number of aliphatic hydroxyl groups excluding tert-OH is 1. The minimum atomic E-state index is -3.34. The number of carbonyl (C=O) groups is 1. The van der Waals surface area contributed by atoms with Crippen molar-refractivity contribution in [3.8, 4) is 0 Å². The summed E-state index contributed by atoms with van der Waals surface area (Å²) in [5.74, 6) is -0.394. The van der Waals surface area contributed by atoms with E-state index in [1.54, 1.807) is 0 Å². The summed E-state index contributed by atoms with van der Waals surface area (Å²) >= 11 is 0. The van der Waals surface area contributed by atoms with Crippen LogP contribution in [0.15, 0.2) is 0 Å². The standard InChI is InChI=1S/C9H17NO4S/c1-7(15(2,13)14)9(12)10-5-3-4-8(10)6-11/h7-8,11H,3-6H2,1-2H3/t7?,8-/m0/s1.